The molecule has 0 amide bonds. The van der Waals surface area contributed by atoms with E-state index in [1.807, 2.05) is 30.3 Å². The molecule has 0 aliphatic carbocycles. The predicted molar refractivity (Wildman–Crippen MR) is 252 cm³/mol. The summed E-state index contributed by atoms with van der Waals surface area (Å²) in [7, 11) is 6.31. The number of aromatic nitrogens is 1. The van der Waals surface area contributed by atoms with E-state index in [4.69, 9.17) is 9.47 Å². The minimum atomic E-state index is 0.894. The van der Waals surface area contributed by atoms with Crippen LogP contribution in [0.4, 0.5) is 22.7 Å². The molecule has 3 heterocycles. The first-order valence-corrected chi connectivity index (χ1v) is 20.4. The molecule has 60 heavy (non-hydrogen) atoms. The van der Waals surface area contributed by atoms with Crippen molar-refractivity contribution in [2.75, 3.05) is 23.9 Å². The highest BCUT2D eigenvalue weighted by Gasteiger charge is 2.25. The van der Waals surface area contributed by atoms with Crippen molar-refractivity contribution in [3.63, 3.8) is 0 Å². The number of hydrogen-bond donors (Lipinski definition) is 0. The summed E-state index contributed by atoms with van der Waals surface area (Å²) in [5.41, 5.74) is 12.1. The fraction of sp³-hybridized carbons (Fsp3) is 0.0909. The summed E-state index contributed by atoms with van der Waals surface area (Å²) in [6, 6.07) is 63.5. The molecule has 1 aromatic heterocycles. The van der Waals surface area contributed by atoms with Gasteiger partial charge in [0.15, 0.2) is 23.0 Å². The van der Waals surface area contributed by atoms with Crippen LogP contribution in [-0.2, 0) is 7.05 Å². The van der Waals surface area contributed by atoms with Crippen molar-refractivity contribution in [1.29, 1.82) is 0 Å². The number of hydrogen-bond acceptors (Lipinski definition) is 4. The average Bonchev–Trinajstić information content (AvgIpc) is 3.56. The van der Waals surface area contributed by atoms with E-state index in [-0.39, 0.29) is 0 Å². The fourth-order valence-electron chi connectivity index (χ4n) is 8.63. The van der Waals surface area contributed by atoms with Crippen molar-refractivity contribution in [2.24, 2.45) is 7.05 Å². The highest BCUT2D eigenvalue weighted by Crippen LogP contribution is 2.50. The Morgan fingerprint density at radius 1 is 0.350 bits per heavy atom. The number of aryl methyl sites for hydroxylation is 3. The Kier molecular flexibility index (Phi) is 9.22. The fourth-order valence-corrected chi connectivity index (χ4v) is 8.63. The normalized spacial score (nSPS) is 12.3. The quantitative estimate of drug-likeness (QED) is 0.166. The molecule has 5 nitrogen and oxygen atoms in total. The third-order valence-electron chi connectivity index (χ3n) is 11.8. The molecule has 2 aliphatic rings. The van der Waals surface area contributed by atoms with Crippen molar-refractivity contribution in [3.05, 3.63) is 193 Å². The lowest BCUT2D eigenvalue weighted by Crippen LogP contribution is -2.15. The summed E-state index contributed by atoms with van der Waals surface area (Å²) in [5, 5.41) is 7.42. The standard InChI is InChI=1S/C23H17NO.C17H13NO.C15H15N/c1-24-20-13-11-17-9-5-6-10-19(17)23(20)25-22-14-12-18(15-21(22)24)16-7-3-2-4-8-16;1-18-14-8-4-5-9-16(14)19-17-13-7-3-2-6-12(13)10-11-15(17)18;1-10-4-6-14-12(8-10)13-9-11(2)5-7-15(13)16(14)3/h2-15H,1H3;2-11H,1H3;4-9H,1-3H3. The monoisotopic (exact) mass is 779 g/mol. The van der Waals surface area contributed by atoms with Crippen LogP contribution in [-0.4, -0.2) is 18.7 Å². The summed E-state index contributed by atoms with van der Waals surface area (Å²) in [6.07, 6.45) is 0. The Morgan fingerprint density at radius 2 is 0.850 bits per heavy atom. The molecule has 2 aliphatic heterocycles. The molecule has 10 aromatic rings. The van der Waals surface area contributed by atoms with Crippen LogP contribution in [0.5, 0.6) is 23.0 Å². The molecular formula is C55H45N3O2. The molecule has 0 saturated carbocycles. The molecule has 0 spiro atoms. The van der Waals surface area contributed by atoms with Crippen LogP contribution in [0.3, 0.4) is 0 Å². The SMILES string of the molecule is CN1c2cc(-c3ccccc3)ccc2Oc2c1ccc1ccccc21.CN1c2ccccc2Oc2c1ccc1ccccc21.Cc1ccc2c(c1)c1cc(C)ccc1n2C. The number of anilines is 4. The van der Waals surface area contributed by atoms with Crippen LogP contribution in [0.1, 0.15) is 11.1 Å². The first kappa shape index (κ1) is 36.8. The van der Waals surface area contributed by atoms with E-state index in [9.17, 15) is 0 Å². The molecule has 9 aromatic carbocycles. The Hall–Kier alpha value is -7.50. The van der Waals surface area contributed by atoms with E-state index in [1.54, 1.807) is 0 Å². The van der Waals surface area contributed by atoms with E-state index < -0.39 is 0 Å². The summed E-state index contributed by atoms with van der Waals surface area (Å²) in [6.45, 7) is 4.29. The van der Waals surface area contributed by atoms with Gasteiger partial charge < -0.3 is 23.8 Å². The molecule has 0 N–H and O–H groups in total. The highest BCUT2D eigenvalue weighted by molar-refractivity contribution is 6.08. The maximum atomic E-state index is 6.31. The summed E-state index contributed by atoms with van der Waals surface area (Å²) in [5.74, 6) is 3.68. The van der Waals surface area contributed by atoms with E-state index in [0.717, 1.165) is 56.5 Å². The second kappa shape index (κ2) is 15.0. The van der Waals surface area contributed by atoms with Gasteiger partial charge in [0.2, 0.25) is 0 Å². The smallest absolute Gasteiger partial charge is 0.158 e. The van der Waals surface area contributed by atoms with Gasteiger partial charge in [-0.1, -0.05) is 132 Å². The zero-order chi connectivity index (χ0) is 40.9. The largest absolute Gasteiger partial charge is 0.452 e. The zero-order valence-corrected chi connectivity index (χ0v) is 34.5. The molecule has 0 atom stereocenters. The van der Waals surface area contributed by atoms with E-state index in [2.05, 4.69) is 201 Å². The van der Waals surface area contributed by atoms with Crippen LogP contribution < -0.4 is 19.3 Å². The lowest BCUT2D eigenvalue weighted by Gasteiger charge is -2.31. The zero-order valence-electron chi connectivity index (χ0n) is 34.5. The van der Waals surface area contributed by atoms with Gasteiger partial charge in [0.05, 0.1) is 22.7 Å². The molecule has 0 bridgehead atoms. The van der Waals surface area contributed by atoms with Gasteiger partial charge in [-0.25, -0.2) is 0 Å². The first-order valence-electron chi connectivity index (χ1n) is 20.4. The van der Waals surface area contributed by atoms with Gasteiger partial charge in [0.25, 0.3) is 0 Å². The minimum absolute atomic E-state index is 0.894. The van der Waals surface area contributed by atoms with Crippen molar-refractivity contribution in [2.45, 2.75) is 13.8 Å². The predicted octanol–water partition coefficient (Wildman–Crippen LogP) is 15.0. The maximum absolute atomic E-state index is 6.31. The van der Waals surface area contributed by atoms with Crippen LogP contribution in [0.25, 0.3) is 54.5 Å². The molecule has 0 radical (unpaired) electrons. The second-order valence-electron chi connectivity index (χ2n) is 15.7. The number of para-hydroxylation sites is 2. The highest BCUT2D eigenvalue weighted by atomic mass is 16.5. The molecule has 0 fully saturated rings. The maximum Gasteiger partial charge on any atom is 0.158 e. The van der Waals surface area contributed by atoms with E-state index in [1.165, 1.54) is 54.8 Å². The number of benzene rings is 9. The van der Waals surface area contributed by atoms with Crippen molar-refractivity contribution < 1.29 is 9.47 Å². The first-order chi connectivity index (χ1) is 29.3. The average molecular weight is 780 g/mol. The topological polar surface area (TPSA) is 29.9 Å². The lowest BCUT2D eigenvalue weighted by atomic mass is 10.0. The molecular weight excluding hydrogens is 735 g/mol. The van der Waals surface area contributed by atoms with Crippen LogP contribution in [0, 0.1) is 13.8 Å². The lowest BCUT2D eigenvalue weighted by molar-refractivity contribution is 0.481. The number of ether oxygens (including phenoxy) is 2. The van der Waals surface area contributed by atoms with Crippen molar-refractivity contribution in [3.8, 4) is 34.1 Å². The van der Waals surface area contributed by atoms with Crippen molar-refractivity contribution in [1.82, 2.24) is 4.57 Å². The van der Waals surface area contributed by atoms with Gasteiger partial charge in [0.1, 0.15) is 0 Å². The Bertz CT molecular complexity index is 3180. The summed E-state index contributed by atoms with van der Waals surface area (Å²) in [4.78, 5) is 4.40. The van der Waals surface area contributed by atoms with Crippen LogP contribution in [0.2, 0.25) is 0 Å². The van der Waals surface area contributed by atoms with Gasteiger partial charge in [-0.15, -0.1) is 0 Å². The molecule has 5 heteroatoms. The number of fused-ring (bicyclic) bond motifs is 11. The van der Waals surface area contributed by atoms with Gasteiger partial charge in [-0.3, -0.25) is 0 Å². The van der Waals surface area contributed by atoms with Gasteiger partial charge in [0, 0.05) is 53.7 Å². The number of rotatable bonds is 1. The molecule has 292 valence electrons. The summed E-state index contributed by atoms with van der Waals surface area (Å²) < 4.78 is 14.7. The van der Waals surface area contributed by atoms with Gasteiger partial charge >= 0.3 is 0 Å². The summed E-state index contributed by atoms with van der Waals surface area (Å²) >= 11 is 0. The second-order valence-corrected chi connectivity index (χ2v) is 15.7. The third-order valence-corrected chi connectivity index (χ3v) is 11.8. The van der Waals surface area contributed by atoms with E-state index in [0.29, 0.717) is 0 Å². The molecule has 0 saturated heterocycles. The van der Waals surface area contributed by atoms with Crippen molar-refractivity contribution >= 4 is 66.1 Å². The Balaban J connectivity index is 0.000000111. The molecule has 0 unspecified atom stereocenters. The van der Waals surface area contributed by atoms with E-state index >= 15 is 0 Å². The van der Waals surface area contributed by atoms with Crippen LogP contribution >= 0.6 is 0 Å². The Labute approximate surface area is 350 Å². The Morgan fingerprint density at radius 3 is 1.45 bits per heavy atom. The number of nitrogens with zero attached hydrogens (tertiary/aromatic N) is 3. The van der Waals surface area contributed by atoms with Gasteiger partial charge in [-0.2, -0.15) is 0 Å². The van der Waals surface area contributed by atoms with Gasteiger partial charge in [-0.05, 0) is 96.4 Å². The minimum Gasteiger partial charge on any atom is -0.452 e. The molecule has 12 rings (SSSR count). The van der Waals surface area contributed by atoms with Crippen LogP contribution in [0.15, 0.2) is 182 Å². The third kappa shape index (κ3) is 6.45.